The Balaban J connectivity index is 1.45. The number of esters is 1. The number of nitrogens with zero attached hydrogens (tertiary/aromatic N) is 1. The molecule has 2 heterocycles. The molecule has 0 unspecified atom stereocenters. The summed E-state index contributed by atoms with van der Waals surface area (Å²) >= 11 is 0. The summed E-state index contributed by atoms with van der Waals surface area (Å²) in [6.45, 7) is 2.20. The van der Waals surface area contributed by atoms with Crippen molar-refractivity contribution in [3.05, 3.63) is 53.8 Å². The molecule has 2 aliphatic rings. The van der Waals surface area contributed by atoms with Crippen LogP contribution in [0, 0.1) is 5.82 Å². The number of fused-ring (bicyclic) bond motifs is 3. The fourth-order valence-corrected chi connectivity index (χ4v) is 3.64. The molecule has 2 aromatic rings. The van der Waals surface area contributed by atoms with Crippen LogP contribution in [0.5, 0.6) is 0 Å². The van der Waals surface area contributed by atoms with Crippen molar-refractivity contribution >= 4 is 34.8 Å². The zero-order valence-corrected chi connectivity index (χ0v) is 15.8. The molecule has 0 aromatic heterocycles. The van der Waals surface area contributed by atoms with Gasteiger partial charge < -0.3 is 20.3 Å². The molecule has 0 aliphatic carbocycles. The second-order valence-corrected chi connectivity index (χ2v) is 7.09. The van der Waals surface area contributed by atoms with Gasteiger partial charge in [-0.2, -0.15) is 0 Å². The number of hydrogen-bond acceptors (Lipinski definition) is 5. The Labute approximate surface area is 166 Å². The van der Waals surface area contributed by atoms with E-state index in [2.05, 4.69) is 10.6 Å². The molecule has 0 radical (unpaired) electrons. The van der Waals surface area contributed by atoms with E-state index < -0.39 is 23.8 Å². The maximum absolute atomic E-state index is 13.7. The van der Waals surface area contributed by atoms with Gasteiger partial charge in [-0.3, -0.25) is 9.59 Å². The van der Waals surface area contributed by atoms with Crippen LogP contribution in [0.15, 0.2) is 42.5 Å². The van der Waals surface area contributed by atoms with Gasteiger partial charge in [0.2, 0.25) is 5.91 Å². The van der Waals surface area contributed by atoms with Crippen molar-refractivity contribution < 1.29 is 23.5 Å². The third-order valence-electron chi connectivity index (χ3n) is 5.14. The van der Waals surface area contributed by atoms with Crippen molar-refractivity contribution in [2.45, 2.75) is 31.9 Å². The Morgan fingerprint density at radius 3 is 2.86 bits per heavy atom. The lowest BCUT2D eigenvalue weighted by Gasteiger charge is -2.33. The van der Waals surface area contributed by atoms with Crippen LogP contribution in [0.4, 0.5) is 21.5 Å². The molecule has 7 nitrogen and oxygen atoms in total. The molecule has 2 aromatic carbocycles. The van der Waals surface area contributed by atoms with Crippen LogP contribution in [0.3, 0.4) is 0 Å². The smallest absolute Gasteiger partial charge is 0.338 e. The molecule has 2 N–H and O–H groups in total. The van der Waals surface area contributed by atoms with Crippen LogP contribution < -0.4 is 15.5 Å². The second-order valence-electron chi connectivity index (χ2n) is 7.09. The normalized spacial score (nSPS) is 18.3. The van der Waals surface area contributed by atoms with E-state index >= 15 is 0 Å². The number of carbonyl (C=O) groups is 3. The van der Waals surface area contributed by atoms with Gasteiger partial charge in [-0.05, 0) is 50.1 Å². The first-order chi connectivity index (χ1) is 13.9. The first-order valence-corrected chi connectivity index (χ1v) is 9.42. The van der Waals surface area contributed by atoms with Gasteiger partial charge in [0.05, 0.1) is 22.6 Å². The second kappa shape index (κ2) is 7.54. The third kappa shape index (κ3) is 3.65. The highest BCUT2D eigenvalue weighted by molar-refractivity contribution is 6.05. The summed E-state index contributed by atoms with van der Waals surface area (Å²) in [5, 5.41) is 5.23. The van der Waals surface area contributed by atoms with Crippen LogP contribution in [-0.4, -0.2) is 36.5 Å². The van der Waals surface area contributed by atoms with E-state index in [0.717, 1.165) is 25.1 Å². The summed E-state index contributed by atoms with van der Waals surface area (Å²) in [5.41, 5.74) is 1.64. The fraction of sp³-hybridized carbons (Fsp3) is 0.286. The molecular weight excluding hydrogens is 377 g/mol. The number of nitrogens with one attached hydrogen (secondary N) is 2. The van der Waals surface area contributed by atoms with Crippen LogP contribution in [0.2, 0.25) is 0 Å². The molecule has 1 fully saturated rings. The van der Waals surface area contributed by atoms with Crippen LogP contribution >= 0.6 is 0 Å². The summed E-state index contributed by atoms with van der Waals surface area (Å²) in [5.74, 6) is -2.01. The lowest BCUT2D eigenvalue weighted by Crippen LogP contribution is -2.43. The maximum atomic E-state index is 13.7. The molecule has 150 valence electrons. The fourth-order valence-electron chi connectivity index (χ4n) is 3.64. The Bertz CT molecular complexity index is 994. The molecule has 2 atom stereocenters. The number of ether oxygens (including phenoxy) is 1. The lowest BCUT2D eigenvalue weighted by molar-refractivity contribution is -0.123. The summed E-state index contributed by atoms with van der Waals surface area (Å²) in [6, 6.07) is 10.5. The van der Waals surface area contributed by atoms with Crippen molar-refractivity contribution in [1.29, 1.82) is 0 Å². The standard InChI is InChI=1S/C21H20FN3O4/c1-12(19(26)23-15-6-3-2-5-14(15)22)29-21(28)13-8-9-17-16(11-13)24-20(27)18-7-4-10-25(17)18/h2-3,5-6,8-9,11-12,18H,4,7,10H2,1H3,(H,23,26)(H,24,27)/t12-,18+/m1/s1. The number of benzene rings is 2. The van der Waals surface area contributed by atoms with E-state index in [4.69, 9.17) is 4.74 Å². The van der Waals surface area contributed by atoms with Crippen LogP contribution in [0.25, 0.3) is 0 Å². The monoisotopic (exact) mass is 397 g/mol. The molecule has 29 heavy (non-hydrogen) atoms. The number of carbonyl (C=O) groups excluding carboxylic acids is 3. The van der Waals surface area contributed by atoms with E-state index in [-0.39, 0.29) is 23.2 Å². The first-order valence-electron chi connectivity index (χ1n) is 9.42. The van der Waals surface area contributed by atoms with Gasteiger partial charge in [-0.1, -0.05) is 12.1 Å². The van der Waals surface area contributed by atoms with Crippen LogP contribution in [-0.2, 0) is 14.3 Å². The van der Waals surface area contributed by atoms with Crippen molar-refractivity contribution in [2.24, 2.45) is 0 Å². The highest BCUT2D eigenvalue weighted by Gasteiger charge is 2.36. The molecule has 0 bridgehead atoms. The van der Waals surface area contributed by atoms with Gasteiger partial charge in [0.15, 0.2) is 6.10 Å². The highest BCUT2D eigenvalue weighted by Crippen LogP contribution is 2.37. The quantitative estimate of drug-likeness (QED) is 0.775. The molecule has 4 rings (SSSR count). The van der Waals surface area contributed by atoms with E-state index in [1.807, 2.05) is 4.90 Å². The largest absolute Gasteiger partial charge is 0.449 e. The molecule has 2 aliphatic heterocycles. The number of rotatable bonds is 4. The predicted octanol–water partition coefficient (Wildman–Crippen LogP) is 2.93. The minimum absolute atomic E-state index is 0.0112. The molecule has 1 saturated heterocycles. The van der Waals surface area contributed by atoms with E-state index in [9.17, 15) is 18.8 Å². The number of amides is 2. The summed E-state index contributed by atoms with van der Waals surface area (Å²) in [7, 11) is 0. The van der Waals surface area contributed by atoms with E-state index in [1.165, 1.54) is 25.1 Å². The van der Waals surface area contributed by atoms with E-state index in [1.54, 1.807) is 24.3 Å². The van der Waals surface area contributed by atoms with Crippen LogP contribution in [0.1, 0.15) is 30.1 Å². The molecule has 8 heteroatoms. The molecular formula is C21H20FN3O4. The number of anilines is 3. The van der Waals surface area contributed by atoms with Gasteiger partial charge in [-0.15, -0.1) is 0 Å². The van der Waals surface area contributed by atoms with E-state index in [0.29, 0.717) is 5.69 Å². The van der Waals surface area contributed by atoms with Gasteiger partial charge in [-0.25, -0.2) is 9.18 Å². The first kappa shape index (κ1) is 18.9. The zero-order valence-electron chi connectivity index (χ0n) is 15.8. The minimum Gasteiger partial charge on any atom is -0.449 e. The number of para-hydroxylation sites is 1. The SMILES string of the molecule is C[C@@H](OC(=O)c1ccc2c(c1)NC(=O)[C@@H]1CCCN21)C(=O)Nc1ccccc1F. The molecule has 0 saturated carbocycles. The van der Waals surface area contributed by atoms with Gasteiger partial charge in [0, 0.05) is 6.54 Å². The third-order valence-corrected chi connectivity index (χ3v) is 5.14. The topological polar surface area (TPSA) is 87.7 Å². The minimum atomic E-state index is -1.13. The Morgan fingerprint density at radius 1 is 1.28 bits per heavy atom. The van der Waals surface area contributed by atoms with Gasteiger partial charge >= 0.3 is 5.97 Å². The van der Waals surface area contributed by atoms with Crippen molar-refractivity contribution in [3.8, 4) is 0 Å². The van der Waals surface area contributed by atoms with Gasteiger partial charge in [0.1, 0.15) is 11.9 Å². The summed E-state index contributed by atoms with van der Waals surface area (Å²) < 4.78 is 18.9. The predicted molar refractivity (Wildman–Crippen MR) is 105 cm³/mol. The lowest BCUT2D eigenvalue weighted by atomic mass is 10.1. The highest BCUT2D eigenvalue weighted by atomic mass is 19.1. The van der Waals surface area contributed by atoms with Gasteiger partial charge in [0.25, 0.3) is 5.91 Å². The molecule has 2 amide bonds. The Hall–Kier alpha value is -3.42. The average Bonchev–Trinajstić information content (AvgIpc) is 3.20. The maximum Gasteiger partial charge on any atom is 0.338 e. The average molecular weight is 397 g/mol. The van der Waals surface area contributed by atoms with Crippen molar-refractivity contribution in [1.82, 2.24) is 0 Å². The number of hydrogen-bond donors (Lipinski definition) is 2. The summed E-state index contributed by atoms with van der Waals surface area (Å²) in [6.07, 6.45) is 0.621. The number of halogens is 1. The molecule has 0 spiro atoms. The zero-order chi connectivity index (χ0) is 20.5. The Kier molecular flexibility index (Phi) is 4.92. The Morgan fingerprint density at radius 2 is 2.07 bits per heavy atom. The summed E-state index contributed by atoms with van der Waals surface area (Å²) in [4.78, 5) is 39.0. The van der Waals surface area contributed by atoms with Crippen molar-refractivity contribution in [2.75, 3.05) is 22.1 Å². The van der Waals surface area contributed by atoms with Crippen molar-refractivity contribution in [3.63, 3.8) is 0 Å².